The molecule has 3 heteroatoms. The lowest BCUT2D eigenvalue weighted by Crippen LogP contribution is -2.41. The van der Waals surface area contributed by atoms with Crippen molar-refractivity contribution in [3.8, 4) is 0 Å². The van der Waals surface area contributed by atoms with Crippen molar-refractivity contribution in [2.45, 2.75) is 45.6 Å². The third kappa shape index (κ3) is 3.82. The number of rotatable bonds is 5. The van der Waals surface area contributed by atoms with Crippen LogP contribution in [-0.4, -0.2) is 37.0 Å². The fourth-order valence-electron chi connectivity index (χ4n) is 2.18. The Morgan fingerprint density at radius 3 is 2.60 bits per heavy atom. The van der Waals surface area contributed by atoms with Gasteiger partial charge in [-0.3, -0.25) is 4.79 Å². The highest BCUT2D eigenvalue weighted by molar-refractivity contribution is 5.77. The SMILES string of the molecule is CCN(C)C(=O)CN[C@H](C)C1CCCC1. The summed E-state index contributed by atoms with van der Waals surface area (Å²) in [6, 6.07) is 0.488. The maximum atomic E-state index is 11.6. The molecule has 1 amide bonds. The Balaban J connectivity index is 2.20. The van der Waals surface area contributed by atoms with Gasteiger partial charge in [-0.05, 0) is 32.6 Å². The molecule has 0 unspecified atom stereocenters. The molecular formula is C12H24N2O. The first-order chi connectivity index (χ1) is 7.15. The van der Waals surface area contributed by atoms with Crippen LogP contribution >= 0.6 is 0 Å². The van der Waals surface area contributed by atoms with Gasteiger partial charge in [-0.15, -0.1) is 0 Å². The minimum atomic E-state index is 0.197. The predicted molar refractivity (Wildman–Crippen MR) is 62.7 cm³/mol. The molecule has 0 aliphatic heterocycles. The molecule has 0 spiro atoms. The van der Waals surface area contributed by atoms with Crippen molar-refractivity contribution in [2.24, 2.45) is 5.92 Å². The van der Waals surface area contributed by atoms with Gasteiger partial charge in [0, 0.05) is 19.6 Å². The van der Waals surface area contributed by atoms with E-state index in [1.54, 1.807) is 4.90 Å². The second-order valence-electron chi connectivity index (χ2n) is 4.62. The number of nitrogens with one attached hydrogen (secondary N) is 1. The van der Waals surface area contributed by atoms with Crippen molar-refractivity contribution in [3.63, 3.8) is 0 Å². The van der Waals surface area contributed by atoms with E-state index >= 15 is 0 Å². The van der Waals surface area contributed by atoms with Gasteiger partial charge in [-0.25, -0.2) is 0 Å². The Hall–Kier alpha value is -0.570. The summed E-state index contributed by atoms with van der Waals surface area (Å²) in [7, 11) is 1.85. The first kappa shape index (κ1) is 12.5. The molecule has 1 aliphatic carbocycles. The molecule has 0 bridgehead atoms. The van der Waals surface area contributed by atoms with E-state index in [2.05, 4.69) is 12.2 Å². The van der Waals surface area contributed by atoms with Crippen LogP contribution in [0.5, 0.6) is 0 Å². The van der Waals surface area contributed by atoms with Crippen molar-refractivity contribution >= 4 is 5.91 Å². The van der Waals surface area contributed by atoms with Crippen LogP contribution < -0.4 is 5.32 Å². The zero-order chi connectivity index (χ0) is 11.3. The molecule has 0 aromatic carbocycles. The highest BCUT2D eigenvalue weighted by Gasteiger charge is 2.21. The highest BCUT2D eigenvalue weighted by atomic mass is 16.2. The molecule has 0 saturated heterocycles. The highest BCUT2D eigenvalue weighted by Crippen LogP contribution is 2.27. The topological polar surface area (TPSA) is 32.3 Å². The summed E-state index contributed by atoms with van der Waals surface area (Å²) >= 11 is 0. The summed E-state index contributed by atoms with van der Waals surface area (Å²) in [5.41, 5.74) is 0. The van der Waals surface area contributed by atoms with Crippen molar-refractivity contribution in [2.75, 3.05) is 20.1 Å². The van der Waals surface area contributed by atoms with Crippen molar-refractivity contribution in [1.29, 1.82) is 0 Å². The van der Waals surface area contributed by atoms with Crippen LogP contribution in [0.25, 0.3) is 0 Å². The van der Waals surface area contributed by atoms with E-state index in [9.17, 15) is 4.79 Å². The van der Waals surface area contributed by atoms with Crippen molar-refractivity contribution in [3.05, 3.63) is 0 Å². The predicted octanol–water partition coefficient (Wildman–Crippen LogP) is 1.63. The van der Waals surface area contributed by atoms with Crippen LogP contribution in [0.1, 0.15) is 39.5 Å². The van der Waals surface area contributed by atoms with Crippen LogP contribution in [0.2, 0.25) is 0 Å². The lowest BCUT2D eigenvalue weighted by atomic mass is 10.00. The third-order valence-electron chi connectivity index (χ3n) is 3.58. The Bertz CT molecular complexity index is 200. The summed E-state index contributed by atoms with van der Waals surface area (Å²) in [4.78, 5) is 13.3. The van der Waals surface area contributed by atoms with E-state index in [1.165, 1.54) is 25.7 Å². The molecule has 1 rings (SSSR count). The van der Waals surface area contributed by atoms with Gasteiger partial charge in [0.05, 0.1) is 6.54 Å². The van der Waals surface area contributed by atoms with E-state index in [-0.39, 0.29) is 5.91 Å². The van der Waals surface area contributed by atoms with E-state index in [0.29, 0.717) is 12.6 Å². The monoisotopic (exact) mass is 212 g/mol. The number of hydrogen-bond acceptors (Lipinski definition) is 2. The average molecular weight is 212 g/mol. The molecule has 0 radical (unpaired) electrons. The van der Waals surface area contributed by atoms with E-state index in [1.807, 2.05) is 14.0 Å². The van der Waals surface area contributed by atoms with Crippen molar-refractivity contribution < 1.29 is 4.79 Å². The van der Waals surface area contributed by atoms with Crippen LogP contribution in [0.3, 0.4) is 0 Å². The molecule has 0 aromatic rings. The van der Waals surface area contributed by atoms with Crippen molar-refractivity contribution in [1.82, 2.24) is 10.2 Å². The molecule has 15 heavy (non-hydrogen) atoms. The maximum absolute atomic E-state index is 11.6. The molecule has 1 fully saturated rings. The molecule has 0 heterocycles. The maximum Gasteiger partial charge on any atom is 0.236 e. The lowest BCUT2D eigenvalue weighted by Gasteiger charge is -2.22. The average Bonchev–Trinajstić information content (AvgIpc) is 2.77. The van der Waals surface area contributed by atoms with Gasteiger partial charge in [0.25, 0.3) is 0 Å². The molecule has 88 valence electrons. The number of carbonyl (C=O) groups excluding carboxylic acids is 1. The minimum Gasteiger partial charge on any atom is -0.345 e. The van der Waals surface area contributed by atoms with Crippen LogP contribution in [-0.2, 0) is 4.79 Å². The molecule has 1 aliphatic rings. The smallest absolute Gasteiger partial charge is 0.236 e. The van der Waals surface area contributed by atoms with Gasteiger partial charge in [0.2, 0.25) is 5.91 Å². The minimum absolute atomic E-state index is 0.197. The van der Waals surface area contributed by atoms with Gasteiger partial charge in [-0.2, -0.15) is 0 Å². The van der Waals surface area contributed by atoms with Crippen LogP contribution in [0.4, 0.5) is 0 Å². The quantitative estimate of drug-likeness (QED) is 0.751. The lowest BCUT2D eigenvalue weighted by molar-refractivity contribution is -0.128. The fraction of sp³-hybridized carbons (Fsp3) is 0.917. The Kier molecular flexibility index (Phi) is 5.09. The fourth-order valence-corrected chi connectivity index (χ4v) is 2.18. The summed E-state index contributed by atoms with van der Waals surface area (Å²) < 4.78 is 0. The second-order valence-corrected chi connectivity index (χ2v) is 4.62. The van der Waals surface area contributed by atoms with Gasteiger partial charge in [-0.1, -0.05) is 12.8 Å². The normalized spacial score (nSPS) is 19.1. The number of nitrogens with zero attached hydrogens (tertiary/aromatic N) is 1. The van der Waals surface area contributed by atoms with Gasteiger partial charge >= 0.3 is 0 Å². The van der Waals surface area contributed by atoms with Crippen LogP contribution in [0, 0.1) is 5.92 Å². The first-order valence-electron chi connectivity index (χ1n) is 6.12. The second kappa shape index (κ2) is 6.11. The standard InChI is InChI=1S/C12H24N2O/c1-4-14(3)12(15)9-13-10(2)11-7-5-6-8-11/h10-11,13H,4-9H2,1-3H3/t10-/m1/s1. The Morgan fingerprint density at radius 2 is 2.07 bits per heavy atom. The van der Waals surface area contributed by atoms with E-state index < -0.39 is 0 Å². The van der Waals surface area contributed by atoms with Gasteiger partial charge in [0.1, 0.15) is 0 Å². The van der Waals surface area contributed by atoms with Gasteiger partial charge in [0.15, 0.2) is 0 Å². The number of likely N-dealkylation sites (N-methyl/N-ethyl adjacent to an activating group) is 1. The number of hydrogen-bond donors (Lipinski definition) is 1. The number of amides is 1. The largest absolute Gasteiger partial charge is 0.345 e. The zero-order valence-corrected chi connectivity index (χ0v) is 10.3. The molecule has 0 aromatic heterocycles. The molecule has 1 saturated carbocycles. The summed E-state index contributed by atoms with van der Waals surface area (Å²) in [5, 5.41) is 3.35. The molecule has 1 N–H and O–H groups in total. The summed E-state index contributed by atoms with van der Waals surface area (Å²) in [5.74, 6) is 0.979. The Labute approximate surface area is 93.2 Å². The Morgan fingerprint density at radius 1 is 1.47 bits per heavy atom. The van der Waals surface area contributed by atoms with Gasteiger partial charge < -0.3 is 10.2 Å². The molecule has 1 atom stereocenters. The zero-order valence-electron chi connectivity index (χ0n) is 10.3. The number of carbonyl (C=O) groups is 1. The first-order valence-corrected chi connectivity index (χ1v) is 6.12. The van der Waals surface area contributed by atoms with E-state index in [0.717, 1.165) is 12.5 Å². The molecular weight excluding hydrogens is 188 g/mol. The molecule has 3 nitrogen and oxygen atoms in total. The summed E-state index contributed by atoms with van der Waals surface area (Å²) in [6.07, 6.45) is 5.37. The summed E-state index contributed by atoms with van der Waals surface area (Å²) in [6.45, 7) is 5.48. The third-order valence-corrected chi connectivity index (χ3v) is 3.58. The van der Waals surface area contributed by atoms with Crippen LogP contribution in [0.15, 0.2) is 0 Å². The van der Waals surface area contributed by atoms with E-state index in [4.69, 9.17) is 0 Å².